The molecule has 7 heteroatoms. The lowest BCUT2D eigenvalue weighted by Crippen LogP contribution is -2.29. The van der Waals surface area contributed by atoms with Gasteiger partial charge in [-0.3, -0.25) is 0 Å². The molecule has 1 heterocycles. The summed E-state index contributed by atoms with van der Waals surface area (Å²) >= 11 is 5.14. The van der Waals surface area contributed by atoms with E-state index in [0.29, 0.717) is 28.2 Å². The number of thiocarbonyl (C=S) groups is 1. The van der Waals surface area contributed by atoms with Crippen molar-refractivity contribution in [2.24, 2.45) is 0 Å². The summed E-state index contributed by atoms with van der Waals surface area (Å²) < 4.78 is 18.5. The van der Waals surface area contributed by atoms with Gasteiger partial charge < -0.3 is 20.4 Å². The summed E-state index contributed by atoms with van der Waals surface area (Å²) in [7, 11) is 0. The van der Waals surface area contributed by atoms with Gasteiger partial charge in [0.1, 0.15) is 11.5 Å². The van der Waals surface area contributed by atoms with Gasteiger partial charge in [0.25, 0.3) is 0 Å². The molecule has 0 aliphatic heterocycles. The van der Waals surface area contributed by atoms with Gasteiger partial charge >= 0.3 is 5.97 Å². The number of aromatic amines is 1. The van der Waals surface area contributed by atoms with Crippen LogP contribution in [0, 0.1) is 5.82 Å². The molecule has 1 aromatic heterocycles. The number of fused-ring (bicyclic) bond motifs is 1. The zero-order chi connectivity index (χ0) is 16.1. The van der Waals surface area contributed by atoms with Crippen molar-refractivity contribution in [2.75, 3.05) is 18.5 Å². The molecule has 0 spiro atoms. The van der Waals surface area contributed by atoms with Crippen LogP contribution in [0.5, 0.6) is 0 Å². The fourth-order valence-corrected chi connectivity index (χ4v) is 2.16. The molecule has 1 aromatic carbocycles. The third-order valence-corrected chi connectivity index (χ3v) is 3.13. The van der Waals surface area contributed by atoms with Gasteiger partial charge in [-0.2, -0.15) is 0 Å². The Morgan fingerprint density at radius 1 is 1.55 bits per heavy atom. The number of esters is 1. The van der Waals surface area contributed by atoms with Crippen LogP contribution in [0.3, 0.4) is 0 Å². The number of hydrogen-bond acceptors (Lipinski definition) is 3. The average molecular weight is 321 g/mol. The minimum atomic E-state index is -0.534. The SMILES string of the molecule is C=CCNC(=S)Nc1c(C(=O)OCC)[nH]c2ccc(F)cc12. The molecule has 0 fully saturated rings. The number of anilines is 1. The standard InChI is InChI=1S/C15H16FN3O2S/c1-3-7-17-15(22)19-12-10-8-9(16)5-6-11(10)18-13(12)14(20)21-4-2/h3,5-6,8,18H,1,4,7H2,2H3,(H2,17,19,22). The Morgan fingerprint density at radius 2 is 2.32 bits per heavy atom. The third kappa shape index (κ3) is 3.43. The highest BCUT2D eigenvalue weighted by Gasteiger charge is 2.20. The zero-order valence-corrected chi connectivity index (χ0v) is 12.8. The Morgan fingerprint density at radius 3 is 3.00 bits per heavy atom. The Hall–Kier alpha value is -2.41. The predicted octanol–water partition coefficient (Wildman–Crippen LogP) is 2.96. The third-order valence-electron chi connectivity index (χ3n) is 2.89. The molecule has 0 amide bonds. The summed E-state index contributed by atoms with van der Waals surface area (Å²) in [5, 5.41) is 6.62. The Kier molecular flexibility index (Phi) is 5.11. The molecule has 0 atom stereocenters. The van der Waals surface area contributed by atoms with Crippen molar-refractivity contribution in [3.05, 3.63) is 42.4 Å². The molecule has 22 heavy (non-hydrogen) atoms. The Bertz CT molecular complexity index is 727. The minimum absolute atomic E-state index is 0.199. The lowest BCUT2D eigenvalue weighted by Gasteiger charge is -2.10. The molecule has 0 bridgehead atoms. The molecule has 2 aromatic rings. The molecule has 5 nitrogen and oxygen atoms in total. The number of nitrogens with one attached hydrogen (secondary N) is 3. The van der Waals surface area contributed by atoms with Gasteiger partial charge in [-0.1, -0.05) is 6.08 Å². The van der Waals surface area contributed by atoms with Gasteiger partial charge in [-0.25, -0.2) is 9.18 Å². The van der Waals surface area contributed by atoms with Crippen molar-refractivity contribution in [2.45, 2.75) is 6.92 Å². The maximum atomic E-state index is 13.5. The molecular weight excluding hydrogens is 305 g/mol. The van der Waals surface area contributed by atoms with Crippen molar-refractivity contribution in [1.29, 1.82) is 0 Å². The number of ether oxygens (including phenoxy) is 1. The van der Waals surface area contributed by atoms with Crippen LogP contribution in [0.4, 0.5) is 10.1 Å². The van der Waals surface area contributed by atoms with Crippen molar-refractivity contribution < 1.29 is 13.9 Å². The van der Waals surface area contributed by atoms with E-state index in [4.69, 9.17) is 17.0 Å². The predicted molar refractivity (Wildman–Crippen MR) is 88.6 cm³/mol. The van der Waals surface area contributed by atoms with Crippen LogP contribution in [0.15, 0.2) is 30.9 Å². The summed E-state index contributed by atoms with van der Waals surface area (Å²) in [5.41, 5.74) is 1.19. The Labute approximate surface area is 132 Å². The van der Waals surface area contributed by atoms with Crippen molar-refractivity contribution in [3.63, 3.8) is 0 Å². The topological polar surface area (TPSA) is 66.2 Å². The van der Waals surface area contributed by atoms with Crippen LogP contribution < -0.4 is 10.6 Å². The van der Waals surface area contributed by atoms with Crippen LogP contribution >= 0.6 is 12.2 Å². The largest absolute Gasteiger partial charge is 0.461 e. The van der Waals surface area contributed by atoms with E-state index in [1.54, 1.807) is 19.1 Å². The fraction of sp³-hybridized carbons (Fsp3) is 0.200. The average Bonchev–Trinajstić information content (AvgIpc) is 2.83. The number of rotatable bonds is 5. The van der Waals surface area contributed by atoms with Crippen LogP contribution in [0.25, 0.3) is 10.9 Å². The number of halogens is 1. The maximum absolute atomic E-state index is 13.5. The highest BCUT2D eigenvalue weighted by Crippen LogP contribution is 2.29. The van der Waals surface area contributed by atoms with Crippen molar-refractivity contribution in [3.8, 4) is 0 Å². The quantitative estimate of drug-likeness (QED) is 0.449. The summed E-state index contributed by atoms with van der Waals surface area (Å²) in [6.07, 6.45) is 1.65. The number of benzene rings is 1. The molecule has 0 saturated carbocycles. The summed E-state index contributed by atoms with van der Waals surface area (Å²) in [6, 6.07) is 4.19. The lowest BCUT2D eigenvalue weighted by atomic mass is 10.2. The summed E-state index contributed by atoms with van der Waals surface area (Å²) in [4.78, 5) is 15.0. The number of carbonyl (C=O) groups is 1. The maximum Gasteiger partial charge on any atom is 0.356 e. The van der Waals surface area contributed by atoms with E-state index in [1.807, 2.05) is 0 Å². The zero-order valence-electron chi connectivity index (χ0n) is 12.0. The van der Waals surface area contributed by atoms with Crippen LogP contribution in [0.2, 0.25) is 0 Å². The lowest BCUT2D eigenvalue weighted by molar-refractivity contribution is 0.0522. The van der Waals surface area contributed by atoms with Crippen molar-refractivity contribution >= 4 is 39.9 Å². The van der Waals surface area contributed by atoms with E-state index >= 15 is 0 Å². The minimum Gasteiger partial charge on any atom is -0.461 e. The first kappa shape index (κ1) is 16.0. The van der Waals surface area contributed by atoms with Crippen LogP contribution in [-0.4, -0.2) is 29.2 Å². The first-order valence-electron chi connectivity index (χ1n) is 6.71. The molecule has 0 aliphatic rings. The monoisotopic (exact) mass is 321 g/mol. The van der Waals surface area contributed by atoms with Gasteiger partial charge in [0, 0.05) is 17.4 Å². The first-order valence-corrected chi connectivity index (χ1v) is 7.11. The molecule has 0 radical (unpaired) electrons. The molecule has 3 N–H and O–H groups in total. The van der Waals surface area contributed by atoms with E-state index in [1.165, 1.54) is 12.1 Å². The van der Waals surface area contributed by atoms with E-state index in [2.05, 4.69) is 22.2 Å². The van der Waals surface area contributed by atoms with E-state index in [9.17, 15) is 9.18 Å². The normalized spacial score (nSPS) is 10.3. The van der Waals surface area contributed by atoms with Gasteiger partial charge in [0.2, 0.25) is 0 Å². The van der Waals surface area contributed by atoms with Crippen molar-refractivity contribution in [1.82, 2.24) is 10.3 Å². The number of hydrogen-bond donors (Lipinski definition) is 3. The highest BCUT2D eigenvalue weighted by atomic mass is 32.1. The molecule has 116 valence electrons. The highest BCUT2D eigenvalue weighted by molar-refractivity contribution is 7.80. The smallest absolute Gasteiger partial charge is 0.356 e. The second-order valence-electron chi connectivity index (χ2n) is 4.41. The molecule has 0 unspecified atom stereocenters. The summed E-state index contributed by atoms with van der Waals surface area (Å²) in [6.45, 7) is 6.00. The second kappa shape index (κ2) is 7.04. The number of aromatic nitrogens is 1. The molecule has 0 aliphatic carbocycles. The van der Waals surface area contributed by atoms with Gasteiger partial charge in [0.15, 0.2) is 5.11 Å². The number of carbonyl (C=O) groups excluding carboxylic acids is 1. The van der Waals surface area contributed by atoms with E-state index in [-0.39, 0.29) is 12.3 Å². The van der Waals surface area contributed by atoms with Crippen LogP contribution in [0.1, 0.15) is 17.4 Å². The molecule has 0 saturated heterocycles. The Balaban J connectivity index is 2.44. The van der Waals surface area contributed by atoms with E-state index < -0.39 is 11.8 Å². The molecular formula is C15H16FN3O2S. The molecule has 2 rings (SSSR count). The van der Waals surface area contributed by atoms with Gasteiger partial charge in [-0.15, -0.1) is 6.58 Å². The van der Waals surface area contributed by atoms with Gasteiger partial charge in [0.05, 0.1) is 12.3 Å². The van der Waals surface area contributed by atoms with Crippen LogP contribution in [-0.2, 0) is 4.74 Å². The first-order chi connectivity index (χ1) is 10.6. The fourth-order valence-electron chi connectivity index (χ4n) is 1.97. The van der Waals surface area contributed by atoms with E-state index in [0.717, 1.165) is 0 Å². The summed E-state index contributed by atoms with van der Waals surface area (Å²) in [5.74, 6) is -0.942. The van der Waals surface area contributed by atoms with Gasteiger partial charge in [-0.05, 0) is 37.3 Å². The number of H-pyrrole nitrogens is 1. The second-order valence-corrected chi connectivity index (χ2v) is 4.82.